The number of halogens is 1. The quantitative estimate of drug-likeness (QED) is 0.405. The van der Waals surface area contributed by atoms with E-state index in [9.17, 15) is 15.3 Å². The molecule has 6 heteroatoms. The second-order valence-electron chi connectivity index (χ2n) is 7.59. The molecule has 1 fully saturated rings. The molecule has 0 spiro atoms. The van der Waals surface area contributed by atoms with E-state index in [4.69, 9.17) is 21.1 Å². The molecule has 3 aromatic carbocycles. The summed E-state index contributed by atoms with van der Waals surface area (Å²) in [5, 5.41) is 30.5. The Morgan fingerprint density at radius 2 is 1.10 bits per heavy atom. The van der Waals surface area contributed by atoms with Crippen LogP contribution >= 0.6 is 11.6 Å². The Balaban J connectivity index is 1.78. The number of hydrogen-bond acceptors (Lipinski definition) is 5. The molecule has 0 saturated carbocycles. The molecule has 162 valence electrons. The topological polar surface area (TPSA) is 79.2 Å². The molecular weight excluding hydrogens is 416 g/mol. The van der Waals surface area contributed by atoms with Crippen molar-refractivity contribution in [2.24, 2.45) is 0 Å². The zero-order valence-corrected chi connectivity index (χ0v) is 17.5. The van der Waals surface area contributed by atoms with Gasteiger partial charge in [-0.15, -0.1) is 0 Å². The van der Waals surface area contributed by atoms with Crippen LogP contribution in [0, 0.1) is 0 Å². The molecule has 0 unspecified atom stereocenters. The van der Waals surface area contributed by atoms with Gasteiger partial charge in [0.2, 0.25) is 0 Å². The molecule has 3 N–H and O–H groups in total. The van der Waals surface area contributed by atoms with E-state index in [1.54, 1.807) is 0 Å². The van der Waals surface area contributed by atoms with E-state index in [2.05, 4.69) is 0 Å². The van der Waals surface area contributed by atoms with Crippen LogP contribution in [0.3, 0.4) is 0 Å². The van der Waals surface area contributed by atoms with Gasteiger partial charge < -0.3 is 24.8 Å². The summed E-state index contributed by atoms with van der Waals surface area (Å²) in [6.45, 7) is -0.0626. The standard InChI is InChI=1S/C25H25ClO5/c26-24-23(29)22(28)21(27)20(31-24)16-30-25(17-10-4-1-5-11-17,18-12-6-2-7-13-18)19-14-8-3-9-15-19/h1-15,20-24,27-29H,16H2/t20-,21-,22+,23-,24+/m1/s1. The van der Waals surface area contributed by atoms with E-state index in [0.717, 1.165) is 16.7 Å². The van der Waals surface area contributed by atoms with Crippen molar-refractivity contribution in [1.82, 2.24) is 0 Å². The lowest BCUT2D eigenvalue weighted by molar-refractivity contribution is -0.218. The number of ether oxygens (including phenoxy) is 2. The number of hydrogen-bond donors (Lipinski definition) is 3. The first kappa shape index (κ1) is 22.0. The predicted octanol–water partition coefficient (Wildman–Crippen LogP) is 3.04. The molecule has 1 heterocycles. The summed E-state index contributed by atoms with van der Waals surface area (Å²) >= 11 is 6.02. The highest BCUT2D eigenvalue weighted by atomic mass is 35.5. The average molecular weight is 441 g/mol. The smallest absolute Gasteiger partial charge is 0.160 e. The first-order valence-electron chi connectivity index (χ1n) is 10.2. The highest BCUT2D eigenvalue weighted by molar-refractivity contribution is 6.20. The van der Waals surface area contributed by atoms with Gasteiger partial charge >= 0.3 is 0 Å². The molecule has 1 aliphatic rings. The lowest BCUT2D eigenvalue weighted by Gasteiger charge is -2.41. The molecule has 31 heavy (non-hydrogen) atoms. The van der Waals surface area contributed by atoms with Crippen molar-refractivity contribution in [1.29, 1.82) is 0 Å². The van der Waals surface area contributed by atoms with Crippen molar-refractivity contribution in [3.05, 3.63) is 108 Å². The van der Waals surface area contributed by atoms with Gasteiger partial charge in [-0.05, 0) is 16.7 Å². The minimum Gasteiger partial charge on any atom is -0.387 e. The number of aliphatic hydroxyl groups excluding tert-OH is 3. The first-order chi connectivity index (χ1) is 15.0. The van der Waals surface area contributed by atoms with Gasteiger partial charge in [0.25, 0.3) is 0 Å². The summed E-state index contributed by atoms with van der Waals surface area (Å²) in [6.07, 6.45) is -5.07. The van der Waals surface area contributed by atoms with Crippen molar-refractivity contribution in [3.63, 3.8) is 0 Å². The normalized spacial score (nSPS) is 26.5. The van der Waals surface area contributed by atoms with Crippen LogP contribution in [-0.2, 0) is 15.1 Å². The lowest BCUT2D eigenvalue weighted by atomic mass is 9.80. The Morgan fingerprint density at radius 1 is 0.677 bits per heavy atom. The van der Waals surface area contributed by atoms with Crippen LogP contribution in [0.1, 0.15) is 16.7 Å². The van der Waals surface area contributed by atoms with Gasteiger partial charge in [-0.3, -0.25) is 0 Å². The van der Waals surface area contributed by atoms with Crippen LogP contribution < -0.4 is 0 Å². The predicted molar refractivity (Wildman–Crippen MR) is 118 cm³/mol. The molecule has 0 aromatic heterocycles. The fourth-order valence-electron chi connectivity index (χ4n) is 4.02. The molecule has 1 saturated heterocycles. The summed E-state index contributed by atoms with van der Waals surface area (Å²) in [5.41, 5.74) is 0.573. The Bertz CT molecular complexity index is 857. The van der Waals surface area contributed by atoms with E-state index in [0.29, 0.717) is 0 Å². The zero-order chi connectivity index (χ0) is 21.8. The van der Waals surface area contributed by atoms with Gasteiger partial charge in [-0.2, -0.15) is 0 Å². The summed E-state index contributed by atoms with van der Waals surface area (Å²) < 4.78 is 12.2. The second kappa shape index (κ2) is 9.49. The van der Waals surface area contributed by atoms with Gasteiger partial charge in [-0.1, -0.05) is 103 Å². The van der Waals surface area contributed by atoms with Crippen LogP contribution in [0.15, 0.2) is 91.0 Å². The third-order valence-corrected chi connectivity index (χ3v) is 6.02. The van der Waals surface area contributed by atoms with Crippen LogP contribution in [0.4, 0.5) is 0 Å². The fraction of sp³-hybridized carbons (Fsp3) is 0.280. The third-order valence-electron chi connectivity index (χ3n) is 5.66. The van der Waals surface area contributed by atoms with Crippen LogP contribution in [-0.4, -0.2) is 51.9 Å². The number of aliphatic hydroxyl groups is 3. The molecule has 3 aromatic rings. The van der Waals surface area contributed by atoms with Crippen molar-refractivity contribution in [2.45, 2.75) is 35.6 Å². The minimum absolute atomic E-state index is 0.0626. The molecule has 4 rings (SSSR count). The van der Waals surface area contributed by atoms with E-state index < -0.39 is 35.6 Å². The maximum absolute atomic E-state index is 10.5. The number of rotatable bonds is 6. The molecule has 0 bridgehead atoms. The van der Waals surface area contributed by atoms with Gasteiger partial charge in [0.05, 0.1) is 6.61 Å². The monoisotopic (exact) mass is 440 g/mol. The van der Waals surface area contributed by atoms with E-state index >= 15 is 0 Å². The summed E-state index contributed by atoms with van der Waals surface area (Å²) in [5.74, 6) is 0. The highest BCUT2D eigenvalue weighted by Gasteiger charge is 2.45. The Morgan fingerprint density at radius 3 is 1.52 bits per heavy atom. The SMILES string of the molecule is O[C@@H]1[C@@H](O)[C@@H](Cl)O[C@H](COC(c2ccccc2)(c2ccccc2)c2ccccc2)[C@H]1O. The van der Waals surface area contributed by atoms with Gasteiger partial charge in [0.1, 0.15) is 30.0 Å². The zero-order valence-electron chi connectivity index (χ0n) is 16.8. The minimum atomic E-state index is -1.43. The van der Waals surface area contributed by atoms with E-state index in [-0.39, 0.29) is 6.61 Å². The largest absolute Gasteiger partial charge is 0.387 e. The molecule has 1 aliphatic heterocycles. The Labute approximate surface area is 186 Å². The molecule has 5 nitrogen and oxygen atoms in total. The van der Waals surface area contributed by atoms with Crippen LogP contribution in [0.5, 0.6) is 0 Å². The highest BCUT2D eigenvalue weighted by Crippen LogP contribution is 2.41. The average Bonchev–Trinajstić information content (AvgIpc) is 2.83. The van der Waals surface area contributed by atoms with Crippen LogP contribution in [0.2, 0.25) is 0 Å². The lowest BCUT2D eigenvalue weighted by Crippen LogP contribution is -2.57. The van der Waals surface area contributed by atoms with Crippen molar-refractivity contribution in [2.75, 3.05) is 6.61 Å². The Kier molecular flexibility index (Phi) is 6.72. The fourth-order valence-corrected chi connectivity index (χ4v) is 4.30. The Hall–Kier alpha value is -2.25. The van der Waals surface area contributed by atoms with Crippen molar-refractivity contribution >= 4 is 11.6 Å². The van der Waals surface area contributed by atoms with Crippen molar-refractivity contribution in [3.8, 4) is 0 Å². The molecule has 0 radical (unpaired) electrons. The summed E-state index contributed by atoms with van der Waals surface area (Å²) in [6, 6.07) is 29.4. The van der Waals surface area contributed by atoms with Crippen molar-refractivity contribution < 1.29 is 24.8 Å². The summed E-state index contributed by atoms with van der Waals surface area (Å²) in [4.78, 5) is 0. The number of alkyl halides is 1. The van der Waals surface area contributed by atoms with Crippen LogP contribution in [0.25, 0.3) is 0 Å². The summed E-state index contributed by atoms with van der Waals surface area (Å²) in [7, 11) is 0. The maximum atomic E-state index is 10.5. The number of benzene rings is 3. The van der Waals surface area contributed by atoms with Gasteiger partial charge in [0.15, 0.2) is 5.56 Å². The molecule has 5 atom stereocenters. The maximum Gasteiger partial charge on any atom is 0.160 e. The first-order valence-corrected chi connectivity index (χ1v) is 10.6. The third kappa shape index (κ3) is 4.26. The molecular formula is C25H25ClO5. The molecule has 0 aliphatic carbocycles. The van der Waals surface area contributed by atoms with E-state index in [1.165, 1.54) is 0 Å². The van der Waals surface area contributed by atoms with Gasteiger partial charge in [0, 0.05) is 0 Å². The van der Waals surface area contributed by atoms with E-state index in [1.807, 2.05) is 91.0 Å². The molecule has 0 amide bonds. The second-order valence-corrected chi connectivity index (χ2v) is 8.02. The van der Waals surface area contributed by atoms with Gasteiger partial charge in [-0.25, -0.2) is 0 Å².